The van der Waals surface area contributed by atoms with Crippen LogP contribution in [0.1, 0.15) is 85.0 Å². The van der Waals surface area contributed by atoms with Crippen LogP contribution in [0.15, 0.2) is 0 Å². The van der Waals surface area contributed by atoms with Crippen molar-refractivity contribution >= 4 is 17.9 Å². The van der Waals surface area contributed by atoms with Gasteiger partial charge in [-0.2, -0.15) is 0 Å². The fourth-order valence-electron chi connectivity index (χ4n) is 2.16. The highest BCUT2D eigenvalue weighted by Crippen LogP contribution is 2.10. The molecule has 0 spiro atoms. The summed E-state index contributed by atoms with van der Waals surface area (Å²) in [4.78, 5) is 34.4. The second-order valence-corrected chi connectivity index (χ2v) is 6.06. The van der Waals surface area contributed by atoms with Crippen molar-refractivity contribution in [3.63, 3.8) is 0 Å². The highest BCUT2D eigenvalue weighted by molar-refractivity contribution is 5.70. The van der Waals surface area contributed by atoms with Gasteiger partial charge in [0.05, 0.1) is 0 Å². The monoisotopic (exact) mass is 358 g/mol. The Morgan fingerprint density at radius 3 is 1.64 bits per heavy atom. The minimum absolute atomic E-state index is 0.0908. The predicted octanol–water partition coefficient (Wildman–Crippen LogP) is 3.95. The lowest BCUT2D eigenvalue weighted by molar-refractivity contribution is -0.166. The Labute approximate surface area is 151 Å². The third-order valence-electron chi connectivity index (χ3n) is 3.72. The van der Waals surface area contributed by atoms with Gasteiger partial charge in [-0.05, 0) is 6.42 Å². The van der Waals surface area contributed by atoms with E-state index in [2.05, 4.69) is 6.92 Å². The van der Waals surface area contributed by atoms with Crippen molar-refractivity contribution in [2.75, 3.05) is 13.2 Å². The lowest BCUT2D eigenvalue weighted by atomic mass is 10.1. The van der Waals surface area contributed by atoms with E-state index in [-0.39, 0.29) is 44.0 Å². The zero-order valence-corrected chi connectivity index (χ0v) is 16.0. The minimum atomic E-state index is -0.747. The van der Waals surface area contributed by atoms with Crippen molar-refractivity contribution < 1.29 is 28.6 Å². The van der Waals surface area contributed by atoms with Crippen molar-refractivity contribution in [1.82, 2.24) is 0 Å². The average molecular weight is 358 g/mol. The van der Waals surface area contributed by atoms with Gasteiger partial charge in [-0.1, -0.05) is 59.3 Å². The van der Waals surface area contributed by atoms with Gasteiger partial charge in [0.25, 0.3) is 0 Å². The summed E-state index contributed by atoms with van der Waals surface area (Å²) in [6, 6.07) is 0. The van der Waals surface area contributed by atoms with Crippen LogP contribution in [0, 0.1) is 0 Å². The summed E-state index contributed by atoms with van der Waals surface area (Å²) >= 11 is 0. The van der Waals surface area contributed by atoms with Crippen LogP contribution in [0.25, 0.3) is 0 Å². The molecule has 0 aromatic carbocycles. The van der Waals surface area contributed by atoms with Crippen LogP contribution in [-0.4, -0.2) is 37.2 Å². The molecule has 6 nitrogen and oxygen atoms in total. The number of carbonyl (C=O) groups excluding carboxylic acids is 3. The molecule has 0 unspecified atom stereocenters. The van der Waals surface area contributed by atoms with Gasteiger partial charge in [-0.15, -0.1) is 0 Å². The van der Waals surface area contributed by atoms with Gasteiger partial charge in [0.15, 0.2) is 6.10 Å². The Bertz CT molecular complexity index is 360. The van der Waals surface area contributed by atoms with Crippen LogP contribution >= 0.6 is 0 Å². The summed E-state index contributed by atoms with van der Waals surface area (Å²) in [7, 11) is 0. The first kappa shape index (κ1) is 23.4. The minimum Gasteiger partial charge on any atom is -0.462 e. The van der Waals surface area contributed by atoms with Crippen molar-refractivity contribution in [1.29, 1.82) is 0 Å². The number of rotatable bonds is 15. The summed E-state index contributed by atoms with van der Waals surface area (Å²) < 4.78 is 15.3. The Hall–Kier alpha value is -1.59. The Morgan fingerprint density at radius 2 is 1.16 bits per heavy atom. The molecule has 25 heavy (non-hydrogen) atoms. The molecule has 0 aromatic heterocycles. The number of unbranched alkanes of at least 4 members (excludes halogenated alkanes) is 6. The quantitative estimate of drug-likeness (QED) is 0.251. The lowest BCUT2D eigenvalue weighted by Crippen LogP contribution is -2.30. The predicted molar refractivity (Wildman–Crippen MR) is 95.0 cm³/mol. The molecule has 0 N–H and O–H groups in total. The molecule has 6 heteroatoms. The maximum Gasteiger partial charge on any atom is 0.306 e. The zero-order chi connectivity index (χ0) is 18.9. The molecule has 146 valence electrons. The molecular formula is C19H34O6. The van der Waals surface area contributed by atoms with E-state index in [1.165, 1.54) is 25.7 Å². The smallest absolute Gasteiger partial charge is 0.306 e. The van der Waals surface area contributed by atoms with E-state index in [4.69, 9.17) is 14.2 Å². The van der Waals surface area contributed by atoms with Gasteiger partial charge in [-0.25, -0.2) is 0 Å². The molecule has 0 bridgehead atoms. The first-order chi connectivity index (χ1) is 12.0. The zero-order valence-electron chi connectivity index (χ0n) is 16.0. The standard InChI is InChI=1S/C19H34O6/c1-4-7-8-9-10-11-12-13-19(22)25-16(14-23-17(20)5-2)15-24-18(21)6-3/h16H,4-15H2,1-3H3. The number of esters is 3. The molecular weight excluding hydrogens is 324 g/mol. The molecule has 0 aliphatic carbocycles. The Morgan fingerprint density at radius 1 is 0.680 bits per heavy atom. The SMILES string of the molecule is CCCCCCCCCC(=O)OC(COC(=O)CC)COC(=O)CC. The van der Waals surface area contributed by atoms with Crippen LogP contribution in [0.3, 0.4) is 0 Å². The van der Waals surface area contributed by atoms with Crippen molar-refractivity contribution in [2.45, 2.75) is 91.1 Å². The molecule has 0 saturated heterocycles. The molecule has 0 atom stereocenters. The van der Waals surface area contributed by atoms with E-state index in [0.717, 1.165) is 19.3 Å². The van der Waals surface area contributed by atoms with E-state index in [1.54, 1.807) is 13.8 Å². The highest BCUT2D eigenvalue weighted by atomic mass is 16.6. The van der Waals surface area contributed by atoms with Crippen LogP contribution in [0.4, 0.5) is 0 Å². The first-order valence-corrected chi connectivity index (χ1v) is 9.54. The van der Waals surface area contributed by atoms with Crippen LogP contribution in [0.2, 0.25) is 0 Å². The lowest BCUT2D eigenvalue weighted by Gasteiger charge is -2.18. The van der Waals surface area contributed by atoms with Crippen molar-refractivity contribution in [3.05, 3.63) is 0 Å². The van der Waals surface area contributed by atoms with Gasteiger partial charge in [0, 0.05) is 19.3 Å². The van der Waals surface area contributed by atoms with Crippen LogP contribution in [-0.2, 0) is 28.6 Å². The Kier molecular flexibility index (Phi) is 14.9. The van der Waals surface area contributed by atoms with Gasteiger partial charge < -0.3 is 14.2 Å². The summed E-state index contributed by atoms with van der Waals surface area (Å²) in [5, 5.41) is 0. The highest BCUT2D eigenvalue weighted by Gasteiger charge is 2.18. The molecule has 0 aliphatic rings. The molecule has 0 amide bonds. The topological polar surface area (TPSA) is 78.9 Å². The summed E-state index contributed by atoms with van der Waals surface area (Å²) in [5.74, 6) is -1.11. The van der Waals surface area contributed by atoms with Gasteiger partial charge in [0.1, 0.15) is 13.2 Å². The summed E-state index contributed by atoms with van der Waals surface area (Å²) in [6.45, 7) is 5.36. The van der Waals surface area contributed by atoms with Gasteiger partial charge in [0.2, 0.25) is 0 Å². The van der Waals surface area contributed by atoms with Gasteiger partial charge in [-0.3, -0.25) is 14.4 Å². The Balaban J connectivity index is 4.07. The maximum absolute atomic E-state index is 11.9. The molecule has 0 heterocycles. The molecule has 0 rings (SSSR count). The van der Waals surface area contributed by atoms with Crippen LogP contribution < -0.4 is 0 Å². The summed E-state index contributed by atoms with van der Waals surface area (Å²) in [5.41, 5.74) is 0. The second-order valence-electron chi connectivity index (χ2n) is 6.06. The maximum atomic E-state index is 11.9. The van der Waals surface area contributed by atoms with E-state index >= 15 is 0 Å². The molecule has 0 saturated carbocycles. The fraction of sp³-hybridized carbons (Fsp3) is 0.842. The van der Waals surface area contributed by atoms with E-state index < -0.39 is 6.10 Å². The third-order valence-corrected chi connectivity index (χ3v) is 3.72. The first-order valence-electron chi connectivity index (χ1n) is 9.54. The molecule has 0 radical (unpaired) electrons. The van der Waals surface area contributed by atoms with Gasteiger partial charge >= 0.3 is 17.9 Å². The van der Waals surface area contributed by atoms with E-state index in [1.807, 2.05) is 0 Å². The average Bonchev–Trinajstić information content (AvgIpc) is 2.62. The fourth-order valence-corrected chi connectivity index (χ4v) is 2.16. The van der Waals surface area contributed by atoms with Crippen molar-refractivity contribution in [3.8, 4) is 0 Å². The van der Waals surface area contributed by atoms with E-state index in [9.17, 15) is 14.4 Å². The molecule has 0 aromatic rings. The molecule has 0 aliphatic heterocycles. The summed E-state index contributed by atoms with van der Waals surface area (Å²) in [6.07, 6.45) is 7.90. The van der Waals surface area contributed by atoms with E-state index in [0.29, 0.717) is 6.42 Å². The largest absolute Gasteiger partial charge is 0.462 e. The number of hydrogen-bond donors (Lipinski definition) is 0. The molecule has 0 fully saturated rings. The normalized spacial score (nSPS) is 10.6. The third kappa shape index (κ3) is 14.5. The number of hydrogen-bond acceptors (Lipinski definition) is 6. The van der Waals surface area contributed by atoms with Crippen LogP contribution in [0.5, 0.6) is 0 Å². The second kappa shape index (κ2) is 15.9. The van der Waals surface area contributed by atoms with Crippen molar-refractivity contribution in [2.24, 2.45) is 0 Å². The number of ether oxygens (including phenoxy) is 3. The number of carbonyl (C=O) groups is 3.